The van der Waals surface area contributed by atoms with Crippen molar-refractivity contribution in [3.63, 3.8) is 0 Å². The Morgan fingerprint density at radius 3 is 2.50 bits per heavy atom. The second-order valence-electron chi connectivity index (χ2n) is 5.80. The van der Waals surface area contributed by atoms with Crippen molar-refractivity contribution in [2.24, 2.45) is 5.41 Å². The van der Waals surface area contributed by atoms with Gasteiger partial charge in [-0.2, -0.15) is 0 Å². The zero-order chi connectivity index (χ0) is 10.8. The van der Waals surface area contributed by atoms with E-state index in [-0.39, 0.29) is 6.10 Å². The van der Waals surface area contributed by atoms with Crippen LogP contribution in [0.3, 0.4) is 0 Å². The maximum atomic E-state index is 9.65. The van der Waals surface area contributed by atoms with Crippen molar-refractivity contribution in [1.82, 2.24) is 4.90 Å². The Kier molecular flexibility index (Phi) is 3.96. The van der Waals surface area contributed by atoms with Gasteiger partial charge < -0.3 is 5.11 Å². The van der Waals surface area contributed by atoms with Gasteiger partial charge in [0.1, 0.15) is 0 Å². The van der Waals surface area contributed by atoms with E-state index in [9.17, 15) is 5.11 Å². The molecule has 0 aliphatic carbocycles. The Morgan fingerprint density at radius 2 is 2.00 bits per heavy atom. The van der Waals surface area contributed by atoms with Crippen LogP contribution in [0.25, 0.3) is 0 Å². The first-order valence-corrected chi connectivity index (χ1v) is 5.84. The lowest BCUT2D eigenvalue weighted by molar-refractivity contribution is 0.170. The fraction of sp³-hybridized carbons (Fsp3) is 1.00. The molecule has 14 heavy (non-hydrogen) atoms. The first-order valence-electron chi connectivity index (χ1n) is 5.84. The van der Waals surface area contributed by atoms with E-state index < -0.39 is 0 Å². The molecule has 1 fully saturated rings. The Morgan fingerprint density at radius 1 is 1.36 bits per heavy atom. The molecule has 0 radical (unpaired) electrons. The molecule has 1 N–H and O–H groups in total. The molecule has 2 nitrogen and oxygen atoms in total. The summed E-state index contributed by atoms with van der Waals surface area (Å²) in [6.07, 6.45) is 3.27. The van der Waals surface area contributed by atoms with Crippen molar-refractivity contribution < 1.29 is 5.11 Å². The van der Waals surface area contributed by atoms with Crippen molar-refractivity contribution in [3.8, 4) is 0 Å². The molecule has 2 atom stereocenters. The summed E-state index contributed by atoms with van der Waals surface area (Å²) in [5.74, 6) is 0. The molecule has 0 amide bonds. The van der Waals surface area contributed by atoms with Gasteiger partial charge in [-0.1, -0.05) is 27.7 Å². The molecular weight excluding hydrogens is 174 g/mol. The first-order chi connectivity index (χ1) is 6.42. The van der Waals surface area contributed by atoms with E-state index in [4.69, 9.17) is 0 Å². The zero-order valence-corrected chi connectivity index (χ0v) is 10.1. The van der Waals surface area contributed by atoms with E-state index in [1.165, 1.54) is 12.8 Å². The number of hydrogen-bond donors (Lipinski definition) is 1. The van der Waals surface area contributed by atoms with Crippen LogP contribution >= 0.6 is 0 Å². The van der Waals surface area contributed by atoms with Gasteiger partial charge in [-0.3, -0.25) is 4.90 Å². The van der Waals surface area contributed by atoms with Crippen molar-refractivity contribution in [3.05, 3.63) is 0 Å². The minimum absolute atomic E-state index is 0.0890. The van der Waals surface area contributed by atoms with E-state index >= 15 is 0 Å². The topological polar surface area (TPSA) is 23.5 Å². The summed E-state index contributed by atoms with van der Waals surface area (Å²) in [6, 6.07) is 0.602. The summed E-state index contributed by atoms with van der Waals surface area (Å²) in [4.78, 5) is 2.45. The lowest BCUT2D eigenvalue weighted by Gasteiger charge is -2.29. The number of likely N-dealkylation sites (tertiary alicyclic amines) is 1. The van der Waals surface area contributed by atoms with Crippen molar-refractivity contribution in [1.29, 1.82) is 0 Å². The molecular formula is C12H25NO. The highest BCUT2D eigenvalue weighted by Crippen LogP contribution is 2.29. The molecule has 1 saturated heterocycles. The van der Waals surface area contributed by atoms with Crippen LogP contribution in [0, 0.1) is 5.41 Å². The second kappa shape index (κ2) is 4.63. The third-order valence-electron chi connectivity index (χ3n) is 2.86. The summed E-state index contributed by atoms with van der Waals surface area (Å²) in [5, 5.41) is 9.65. The molecule has 2 unspecified atom stereocenters. The zero-order valence-electron chi connectivity index (χ0n) is 10.1. The Bertz CT molecular complexity index is 174. The first kappa shape index (κ1) is 12.0. The number of β-amino-alcohol motifs (C(OH)–C–C–N with tert-alkyl or cyclic N) is 1. The predicted octanol–water partition coefficient (Wildman–Crippen LogP) is 2.27. The summed E-state index contributed by atoms with van der Waals surface area (Å²) in [6.45, 7) is 11.1. The van der Waals surface area contributed by atoms with Gasteiger partial charge in [0.2, 0.25) is 0 Å². The molecule has 0 aromatic heterocycles. The third-order valence-corrected chi connectivity index (χ3v) is 2.86. The predicted molar refractivity (Wildman–Crippen MR) is 60.3 cm³/mol. The van der Waals surface area contributed by atoms with Crippen molar-refractivity contribution >= 4 is 0 Å². The van der Waals surface area contributed by atoms with Gasteiger partial charge in [0.05, 0.1) is 6.10 Å². The van der Waals surface area contributed by atoms with Crippen molar-refractivity contribution in [2.45, 2.75) is 59.1 Å². The number of aliphatic hydroxyl groups excluding tert-OH is 1. The van der Waals surface area contributed by atoms with Crippen LogP contribution in [0.4, 0.5) is 0 Å². The Hall–Kier alpha value is -0.0800. The van der Waals surface area contributed by atoms with E-state index in [2.05, 4.69) is 32.6 Å². The highest BCUT2D eigenvalue weighted by Gasteiger charge is 2.32. The van der Waals surface area contributed by atoms with Gasteiger partial charge in [-0.25, -0.2) is 0 Å². The summed E-state index contributed by atoms with van der Waals surface area (Å²) < 4.78 is 0. The van der Waals surface area contributed by atoms with Gasteiger partial charge in [0.25, 0.3) is 0 Å². The van der Waals surface area contributed by atoms with Crippen molar-refractivity contribution in [2.75, 3.05) is 13.1 Å². The van der Waals surface area contributed by atoms with Gasteiger partial charge in [-0.05, 0) is 31.2 Å². The van der Waals surface area contributed by atoms with Crippen LogP contribution < -0.4 is 0 Å². The molecule has 0 aromatic rings. The van der Waals surface area contributed by atoms with Crippen LogP contribution in [0.1, 0.15) is 47.0 Å². The molecule has 1 aliphatic rings. The van der Waals surface area contributed by atoms with Gasteiger partial charge in [-0.15, -0.1) is 0 Å². The monoisotopic (exact) mass is 199 g/mol. The Labute approximate surface area is 88.3 Å². The molecule has 84 valence electrons. The normalized spacial score (nSPS) is 29.8. The number of aliphatic hydroxyl groups is 1. The number of rotatable bonds is 3. The van der Waals surface area contributed by atoms with E-state index in [0.717, 1.165) is 19.5 Å². The molecule has 0 spiro atoms. The lowest BCUT2D eigenvalue weighted by Crippen LogP contribution is -2.33. The fourth-order valence-corrected chi connectivity index (χ4v) is 2.44. The smallest absolute Gasteiger partial charge is 0.0682 e. The molecule has 1 heterocycles. The molecule has 2 heteroatoms. The molecule has 0 bridgehead atoms. The molecule has 1 rings (SSSR count). The van der Waals surface area contributed by atoms with E-state index in [1.807, 2.05) is 0 Å². The van der Waals surface area contributed by atoms with Crippen LogP contribution in [0.2, 0.25) is 0 Å². The number of nitrogens with zero attached hydrogens (tertiary/aromatic N) is 1. The largest absolute Gasteiger partial charge is 0.392 e. The van der Waals surface area contributed by atoms with Gasteiger partial charge in [0, 0.05) is 12.6 Å². The molecule has 0 saturated carbocycles. The average Bonchev–Trinajstić information content (AvgIpc) is 2.28. The van der Waals surface area contributed by atoms with E-state index in [0.29, 0.717) is 11.5 Å². The van der Waals surface area contributed by atoms with Crippen LogP contribution in [0.15, 0.2) is 0 Å². The minimum atomic E-state index is -0.0890. The Balaban J connectivity index is 2.49. The van der Waals surface area contributed by atoms with Crippen LogP contribution in [0.5, 0.6) is 0 Å². The average molecular weight is 199 g/mol. The molecule has 1 aliphatic heterocycles. The number of hydrogen-bond acceptors (Lipinski definition) is 2. The minimum Gasteiger partial charge on any atom is -0.392 e. The summed E-state index contributed by atoms with van der Waals surface area (Å²) in [5.41, 5.74) is 0.376. The lowest BCUT2D eigenvalue weighted by atomic mass is 9.87. The second-order valence-corrected chi connectivity index (χ2v) is 5.80. The SMILES string of the molecule is CCCN1CC(O)CC1CC(C)(C)C. The highest BCUT2D eigenvalue weighted by molar-refractivity contribution is 4.87. The summed E-state index contributed by atoms with van der Waals surface area (Å²) >= 11 is 0. The quantitative estimate of drug-likeness (QED) is 0.753. The van der Waals surface area contributed by atoms with Gasteiger partial charge >= 0.3 is 0 Å². The van der Waals surface area contributed by atoms with Crippen LogP contribution in [-0.2, 0) is 0 Å². The molecule has 0 aromatic carbocycles. The van der Waals surface area contributed by atoms with E-state index in [1.54, 1.807) is 0 Å². The fourth-order valence-electron chi connectivity index (χ4n) is 2.44. The van der Waals surface area contributed by atoms with Crippen LogP contribution in [-0.4, -0.2) is 35.2 Å². The third kappa shape index (κ3) is 3.58. The highest BCUT2D eigenvalue weighted by atomic mass is 16.3. The summed E-state index contributed by atoms with van der Waals surface area (Å²) in [7, 11) is 0. The standard InChI is InChI=1S/C12H25NO/c1-5-6-13-9-11(14)7-10(13)8-12(2,3)4/h10-11,14H,5-9H2,1-4H3. The van der Waals surface area contributed by atoms with Gasteiger partial charge in [0.15, 0.2) is 0 Å². The maximum Gasteiger partial charge on any atom is 0.0682 e. The maximum absolute atomic E-state index is 9.65.